The van der Waals surface area contributed by atoms with Crippen molar-refractivity contribution < 1.29 is 4.79 Å². The first-order valence-electron chi connectivity index (χ1n) is 9.01. The molecule has 0 saturated carbocycles. The number of amides is 2. The number of quaternary nitrogens is 1. The highest BCUT2D eigenvalue weighted by molar-refractivity contribution is 6.30. The van der Waals surface area contributed by atoms with E-state index < -0.39 is 0 Å². The number of aromatic amines is 1. The Bertz CT molecular complexity index is 1030. The summed E-state index contributed by atoms with van der Waals surface area (Å²) >= 11 is 6.27. The maximum absolute atomic E-state index is 13.2. The van der Waals surface area contributed by atoms with Gasteiger partial charge in [0.2, 0.25) is 0 Å². The summed E-state index contributed by atoms with van der Waals surface area (Å²) in [6.07, 6.45) is 4.12. The number of nitrogens with zero attached hydrogens (tertiary/aromatic N) is 3. The molecule has 2 heterocycles. The van der Waals surface area contributed by atoms with Crippen LogP contribution in [0.3, 0.4) is 0 Å². The standard InChI is InChI=1S/C21H18ClN5O/c22-17-2-1-3-18(10-17)27(14-16-6-4-15(12-23)5-7-16)19(13-26-21(27)28)11-20-24-8-9-25-20/h1-10,19H,11,13-14H2,(H-,24,25,26,28)/p+1. The molecule has 0 spiro atoms. The molecule has 0 radical (unpaired) electrons. The summed E-state index contributed by atoms with van der Waals surface area (Å²) in [5, 5.41) is 12.7. The Kier molecular flexibility index (Phi) is 4.86. The molecule has 140 valence electrons. The van der Waals surface area contributed by atoms with Crippen LogP contribution in [0.5, 0.6) is 0 Å². The van der Waals surface area contributed by atoms with Gasteiger partial charge in [-0.3, -0.25) is 5.32 Å². The minimum Gasteiger partial charge on any atom is -0.348 e. The molecule has 2 amide bonds. The third-order valence-corrected chi connectivity index (χ3v) is 5.48. The first-order chi connectivity index (χ1) is 13.6. The van der Waals surface area contributed by atoms with Crippen LogP contribution in [0.4, 0.5) is 10.5 Å². The van der Waals surface area contributed by atoms with Crippen LogP contribution in [0.25, 0.3) is 0 Å². The number of carbonyl (C=O) groups is 1. The highest BCUT2D eigenvalue weighted by Crippen LogP contribution is 2.35. The van der Waals surface area contributed by atoms with E-state index in [2.05, 4.69) is 21.4 Å². The number of hydrogen-bond acceptors (Lipinski definition) is 3. The van der Waals surface area contributed by atoms with Crippen LogP contribution in [0, 0.1) is 11.3 Å². The summed E-state index contributed by atoms with van der Waals surface area (Å²) in [6, 6.07) is 16.8. The van der Waals surface area contributed by atoms with Crippen molar-refractivity contribution in [2.24, 2.45) is 0 Å². The molecule has 3 aromatic rings. The Balaban J connectivity index is 1.79. The molecular formula is C21H19ClN5O+. The number of benzene rings is 2. The molecule has 1 aromatic heterocycles. The van der Waals surface area contributed by atoms with E-state index in [9.17, 15) is 4.79 Å². The number of nitrogens with one attached hydrogen (secondary N) is 2. The van der Waals surface area contributed by atoms with Crippen LogP contribution in [0.1, 0.15) is 17.0 Å². The molecular weight excluding hydrogens is 374 g/mol. The molecule has 7 heteroatoms. The van der Waals surface area contributed by atoms with Crippen molar-refractivity contribution in [3.8, 4) is 6.07 Å². The van der Waals surface area contributed by atoms with E-state index in [4.69, 9.17) is 16.9 Å². The van der Waals surface area contributed by atoms with E-state index in [0.717, 1.165) is 17.1 Å². The van der Waals surface area contributed by atoms with Gasteiger partial charge in [-0.05, 0) is 24.3 Å². The van der Waals surface area contributed by atoms with Crippen LogP contribution in [-0.2, 0) is 13.0 Å². The summed E-state index contributed by atoms with van der Waals surface area (Å²) in [5.74, 6) is 0.839. The zero-order chi connectivity index (χ0) is 19.6. The Hall–Kier alpha value is -3.14. The summed E-state index contributed by atoms with van der Waals surface area (Å²) in [5.41, 5.74) is 2.40. The summed E-state index contributed by atoms with van der Waals surface area (Å²) < 4.78 is 0.104. The van der Waals surface area contributed by atoms with Gasteiger partial charge in [0.1, 0.15) is 24.1 Å². The van der Waals surface area contributed by atoms with Gasteiger partial charge in [-0.25, -0.2) is 14.3 Å². The molecule has 4 rings (SSSR count). The van der Waals surface area contributed by atoms with Gasteiger partial charge in [0.05, 0.1) is 24.6 Å². The molecule has 0 aliphatic carbocycles. The Labute approximate surface area is 168 Å². The largest absolute Gasteiger partial charge is 0.422 e. The van der Waals surface area contributed by atoms with Crippen molar-refractivity contribution in [1.29, 1.82) is 5.26 Å². The lowest BCUT2D eigenvalue weighted by Crippen LogP contribution is -2.57. The monoisotopic (exact) mass is 392 g/mol. The number of H-pyrrole nitrogens is 1. The van der Waals surface area contributed by atoms with Gasteiger partial charge in [-0.2, -0.15) is 5.26 Å². The van der Waals surface area contributed by atoms with E-state index in [-0.39, 0.29) is 16.6 Å². The Morgan fingerprint density at radius 3 is 2.75 bits per heavy atom. The highest BCUT2D eigenvalue weighted by Gasteiger charge is 2.52. The van der Waals surface area contributed by atoms with Gasteiger partial charge in [0, 0.05) is 29.0 Å². The number of urea groups is 1. The summed E-state index contributed by atoms with van der Waals surface area (Å²) in [7, 11) is 0. The van der Waals surface area contributed by atoms with E-state index in [1.54, 1.807) is 30.6 Å². The second-order valence-corrected chi connectivity index (χ2v) is 7.33. The van der Waals surface area contributed by atoms with Crippen molar-refractivity contribution >= 4 is 23.3 Å². The smallest absolute Gasteiger partial charge is 0.348 e. The third kappa shape index (κ3) is 3.26. The average Bonchev–Trinajstić information content (AvgIpc) is 3.33. The van der Waals surface area contributed by atoms with Gasteiger partial charge in [-0.1, -0.05) is 29.8 Å². The first-order valence-corrected chi connectivity index (χ1v) is 9.39. The topological polar surface area (TPSA) is 81.6 Å². The molecule has 1 aliphatic rings. The lowest BCUT2D eigenvalue weighted by atomic mass is 10.0. The lowest BCUT2D eigenvalue weighted by molar-refractivity contribution is 0.200. The van der Waals surface area contributed by atoms with Gasteiger partial charge >= 0.3 is 6.03 Å². The molecule has 1 aliphatic heterocycles. The molecule has 1 saturated heterocycles. The first kappa shape index (κ1) is 18.2. The maximum Gasteiger partial charge on any atom is 0.422 e. The Morgan fingerprint density at radius 2 is 2.07 bits per heavy atom. The molecule has 1 fully saturated rings. The molecule has 6 nitrogen and oxygen atoms in total. The zero-order valence-electron chi connectivity index (χ0n) is 15.1. The number of halogens is 1. The third-order valence-electron chi connectivity index (χ3n) is 5.24. The van der Waals surface area contributed by atoms with Gasteiger partial charge < -0.3 is 4.98 Å². The van der Waals surface area contributed by atoms with Gasteiger partial charge in [0.25, 0.3) is 0 Å². The van der Waals surface area contributed by atoms with Crippen LogP contribution in [0.2, 0.25) is 5.02 Å². The van der Waals surface area contributed by atoms with E-state index in [1.807, 2.05) is 30.3 Å². The number of aromatic nitrogens is 2. The molecule has 28 heavy (non-hydrogen) atoms. The SMILES string of the molecule is N#Cc1ccc(C[N+]2(c3cccc(Cl)c3)C(=O)NCC2Cc2ncc[nH]2)cc1. The molecule has 2 aromatic carbocycles. The maximum atomic E-state index is 13.2. The summed E-state index contributed by atoms with van der Waals surface area (Å²) in [4.78, 5) is 20.7. The molecule has 2 unspecified atom stereocenters. The van der Waals surface area contributed by atoms with Crippen LogP contribution >= 0.6 is 11.6 Å². The Morgan fingerprint density at radius 1 is 1.25 bits per heavy atom. The van der Waals surface area contributed by atoms with Crippen LogP contribution in [-0.4, -0.2) is 28.6 Å². The number of carbonyl (C=O) groups excluding carboxylic acids is 1. The second kappa shape index (κ2) is 7.47. The molecule has 2 atom stereocenters. The van der Waals surface area contributed by atoms with Crippen molar-refractivity contribution in [3.05, 3.63) is 82.9 Å². The minimum atomic E-state index is -0.0665. The normalized spacial score (nSPS) is 21.3. The predicted molar refractivity (Wildman–Crippen MR) is 108 cm³/mol. The number of hydrogen-bond donors (Lipinski definition) is 2. The lowest BCUT2D eigenvalue weighted by Gasteiger charge is -2.35. The highest BCUT2D eigenvalue weighted by atomic mass is 35.5. The molecule has 2 N–H and O–H groups in total. The van der Waals surface area contributed by atoms with E-state index in [0.29, 0.717) is 30.1 Å². The van der Waals surface area contributed by atoms with Crippen molar-refractivity contribution in [3.63, 3.8) is 0 Å². The predicted octanol–water partition coefficient (Wildman–Crippen LogP) is 3.78. The van der Waals surface area contributed by atoms with Crippen LogP contribution < -0.4 is 9.80 Å². The van der Waals surface area contributed by atoms with Gasteiger partial charge in [0.15, 0.2) is 0 Å². The van der Waals surface area contributed by atoms with E-state index in [1.165, 1.54) is 0 Å². The minimum absolute atomic E-state index is 0.0484. The van der Waals surface area contributed by atoms with Crippen molar-refractivity contribution in [2.75, 3.05) is 6.54 Å². The quantitative estimate of drug-likeness (QED) is 0.648. The number of rotatable bonds is 5. The van der Waals surface area contributed by atoms with Gasteiger partial charge in [-0.15, -0.1) is 0 Å². The zero-order valence-corrected chi connectivity index (χ0v) is 15.9. The summed E-state index contributed by atoms with van der Waals surface area (Å²) in [6.45, 7) is 1.01. The second-order valence-electron chi connectivity index (χ2n) is 6.90. The fraction of sp³-hybridized carbons (Fsp3) is 0.190. The number of nitriles is 1. The fourth-order valence-electron chi connectivity index (χ4n) is 3.85. The fourth-order valence-corrected chi connectivity index (χ4v) is 4.03. The average molecular weight is 393 g/mol. The number of imidazole rings is 1. The van der Waals surface area contributed by atoms with E-state index >= 15 is 0 Å². The molecule has 0 bridgehead atoms. The van der Waals surface area contributed by atoms with Crippen LogP contribution in [0.15, 0.2) is 60.9 Å². The van der Waals surface area contributed by atoms with Crippen molar-refractivity contribution in [1.82, 2.24) is 19.8 Å². The van der Waals surface area contributed by atoms with Crippen molar-refractivity contribution in [2.45, 2.75) is 19.0 Å².